The van der Waals surface area contributed by atoms with Gasteiger partial charge in [-0.1, -0.05) is 24.8 Å². The zero-order valence-corrected chi connectivity index (χ0v) is 19.1. The number of hydrogen-bond donors (Lipinski definition) is 2. The molecule has 0 unspecified atom stereocenters. The Morgan fingerprint density at radius 3 is 2.67 bits per heavy atom. The SMILES string of the molecule is C=C(/C=c1\c(=C/N)[nH]c2ncc(-c3ccc(OCCCN(C)C)cc3)cc12)c1cccnc1. The van der Waals surface area contributed by atoms with Crippen LogP contribution in [-0.2, 0) is 0 Å². The Hall–Kier alpha value is -3.90. The minimum Gasteiger partial charge on any atom is -0.494 e. The predicted octanol–water partition coefficient (Wildman–Crippen LogP) is 3.15. The van der Waals surface area contributed by atoms with Gasteiger partial charge in [-0.3, -0.25) is 4.98 Å². The van der Waals surface area contributed by atoms with E-state index in [0.29, 0.717) is 6.61 Å². The number of ether oxygens (including phenoxy) is 1. The Balaban J connectivity index is 1.63. The number of fused-ring (bicyclic) bond motifs is 1. The fourth-order valence-electron chi connectivity index (χ4n) is 3.68. The predicted molar refractivity (Wildman–Crippen MR) is 136 cm³/mol. The van der Waals surface area contributed by atoms with Gasteiger partial charge in [-0.25, -0.2) is 4.98 Å². The molecular weight excluding hydrogens is 410 g/mol. The van der Waals surface area contributed by atoms with Crippen LogP contribution in [0.5, 0.6) is 5.75 Å². The fourth-order valence-corrected chi connectivity index (χ4v) is 3.68. The third-order valence-corrected chi connectivity index (χ3v) is 5.44. The molecule has 168 valence electrons. The van der Waals surface area contributed by atoms with E-state index in [-0.39, 0.29) is 0 Å². The van der Waals surface area contributed by atoms with Crippen molar-refractivity contribution in [3.8, 4) is 16.9 Å². The van der Waals surface area contributed by atoms with Crippen molar-refractivity contribution in [2.24, 2.45) is 5.73 Å². The van der Waals surface area contributed by atoms with E-state index < -0.39 is 0 Å². The Kier molecular flexibility index (Phi) is 6.86. The van der Waals surface area contributed by atoms with Crippen LogP contribution < -0.4 is 21.0 Å². The number of aromatic amines is 1. The molecule has 0 saturated heterocycles. The number of allylic oxidation sites excluding steroid dienone is 1. The Morgan fingerprint density at radius 1 is 1.15 bits per heavy atom. The summed E-state index contributed by atoms with van der Waals surface area (Å²) in [7, 11) is 4.13. The molecule has 33 heavy (non-hydrogen) atoms. The maximum atomic E-state index is 5.90. The first-order chi connectivity index (χ1) is 16.0. The van der Waals surface area contributed by atoms with Crippen LogP contribution in [0, 0.1) is 0 Å². The lowest BCUT2D eigenvalue weighted by molar-refractivity contribution is 0.281. The number of nitrogens with zero attached hydrogens (tertiary/aromatic N) is 3. The summed E-state index contributed by atoms with van der Waals surface area (Å²) in [6.07, 6.45) is 9.99. The van der Waals surface area contributed by atoms with E-state index in [1.807, 2.05) is 36.5 Å². The molecule has 0 atom stereocenters. The van der Waals surface area contributed by atoms with Gasteiger partial charge in [-0.15, -0.1) is 0 Å². The van der Waals surface area contributed by atoms with E-state index in [1.54, 1.807) is 18.6 Å². The van der Waals surface area contributed by atoms with Gasteiger partial charge >= 0.3 is 0 Å². The summed E-state index contributed by atoms with van der Waals surface area (Å²) in [4.78, 5) is 14.3. The monoisotopic (exact) mass is 439 g/mol. The lowest BCUT2D eigenvalue weighted by Crippen LogP contribution is -2.24. The summed E-state index contributed by atoms with van der Waals surface area (Å²) in [5.74, 6) is 0.870. The topological polar surface area (TPSA) is 80.1 Å². The highest BCUT2D eigenvalue weighted by Gasteiger charge is 2.07. The molecule has 0 fully saturated rings. The number of benzene rings is 1. The van der Waals surface area contributed by atoms with Gasteiger partial charge in [0.1, 0.15) is 11.4 Å². The number of hydrogen-bond acceptors (Lipinski definition) is 5. The van der Waals surface area contributed by atoms with Crippen LogP contribution in [0.2, 0.25) is 0 Å². The number of rotatable bonds is 8. The van der Waals surface area contributed by atoms with Crippen molar-refractivity contribution in [3.63, 3.8) is 0 Å². The Bertz CT molecular complexity index is 1360. The first-order valence-electron chi connectivity index (χ1n) is 10.9. The summed E-state index contributed by atoms with van der Waals surface area (Å²) in [6, 6.07) is 14.1. The van der Waals surface area contributed by atoms with Crippen molar-refractivity contribution in [2.45, 2.75) is 6.42 Å². The third kappa shape index (κ3) is 5.30. The highest BCUT2D eigenvalue weighted by molar-refractivity contribution is 5.92. The van der Waals surface area contributed by atoms with Crippen molar-refractivity contribution < 1.29 is 4.74 Å². The molecule has 6 nitrogen and oxygen atoms in total. The van der Waals surface area contributed by atoms with Crippen LogP contribution in [0.25, 0.3) is 40.0 Å². The Labute approximate surface area is 193 Å². The Morgan fingerprint density at radius 2 is 1.97 bits per heavy atom. The first kappa shape index (κ1) is 22.3. The van der Waals surface area contributed by atoms with E-state index in [2.05, 4.69) is 58.7 Å². The van der Waals surface area contributed by atoms with Gasteiger partial charge in [0, 0.05) is 47.5 Å². The highest BCUT2D eigenvalue weighted by atomic mass is 16.5. The second-order valence-electron chi connectivity index (χ2n) is 8.18. The van der Waals surface area contributed by atoms with E-state index in [4.69, 9.17) is 10.5 Å². The molecule has 0 aliphatic heterocycles. The molecule has 0 aliphatic rings. The number of nitrogens with one attached hydrogen (secondary N) is 1. The molecule has 6 heteroatoms. The molecule has 3 heterocycles. The fraction of sp³-hybridized carbons (Fsp3) is 0.185. The molecule has 0 spiro atoms. The normalized spacial score (nSPS) is 12.6. The summed E-state index contributed by atoms with van der Waals surface area (Å²) in [6.45, 7) is 5.92. The minimum atomic E-state index is 0.701. The smallest absolute Gasteiger partial charge is 0.138 e. The van der Waals surface area contributed by atoms with Gasteiger partial charge in [0.25, 0.3) is 0 Å². The van der Waals surface area contributed by atoms with Gasteiger partial charge in [0.2, 0.25) is 0 Å². The minimum absolute atomic E-state index is 0.701. The van der Waals surface area contributed by atoms with Crippen molar-refractivity contribution in [3.05, 3.63) is 83.8 Å². The van der Waals surface area contributed by atoms with Crippen LogP contribution in [0.15, 0.2) is 67.6 Å². The van der Waals surface area contributed by atoms with Crippen LogP contribution in [0.4, 0.5) is 0 Å². The van der Waals surface area contributed by atoms with E-state index in [1.165, 1.54) is 0 Å². The molecule has 4 aromatic rings. The molecule has 0 bridgehead atoms. The standard InChI is InChI=1S/C27H29N5O/c1-19(21-6-4-11-29-17-21)14-24-25-15-22(18-30-27(25)31-26(24)16-28)20-7-9-23(10-8-20)33-13-5-12-32(2)3/h4,6-11,14-18H,1,5,12-13,28H2,2-3H3,(H,30,31)/b24-14-,26-16+. The molecular formula is C27H29N5O. The van der Waals surface area contributed by atoms with Gasteiger partial charge in [-0.05, 0) is 67.6 Å². The number of H-pyrrole nitrogens is 1. The molecule has 0 amide bonds. The number of nitrogens with two attached hydrogens (primary N) is 1. The summed E-state index contributed by atoms with van der Waals surface area (Å²) in [5, 5.41) is 2.75. The van der Waals surface area contributed by atoms with Gasteiger partial charge < -0.3 is 20.4 Å². The molecule has 1 aromatic carbocycles. The lowest BCUT2D eigenvalue weighted by atomic mass is 10.0. The van der Waals surface area contributed by atoms with Gasteiger partial charge in [0.05, 0.1) is 12.0 Å². The molecule has 0 aliphatic carbocycles. The highest BCUT2D eigenvalue weighted by Crippen LogP contribution is 2.23. The van der Waals surface area contributed by atoms with Crippen molar-refractivity contribution in [1.82, 2.24) is 19.9 Å². The zero-order valence-electron chi connectivity index (χ0n) is 19.1. The first-order valence-corrected chi connectivity index (χ1v) is 10.9. The summed E-state index contributed by atoms with van der Waals surface area (Å²) >= 11 is 0. The molecule has 3 aromatic heterocycles. The summed E-state index contributed by atoms with van der Waals surface area (Å²) < 4.78 is 5.86. The largest absolute Gasteiger partial charge is 0.494 e. The van der Waals surface area contributed by atoms with Crippen LogP contribution in [0.3, 0.4) is 0 Å². The van der Waals surface area contributed by atoms with Gasteiger partial charge in [-0.2, -0.15) is 0 Å². The number of pyridine rings is 2. The number of aromatic nitrogens is 3. The van der Waals surface area contributed by atoms with E-state index in [0.717, 1.165) is 62.6 Å². The second kappa shape index (κ2) is 10.1. The van der Waals surface area contributed by atoms with Crippen molar-refractivity contribution in [1.29, 1.82) is 0 Å². The average Bonchev–Trinajstić information content (AvgIpc) is 3.19. The van der Waals surface area contributed by atoms with Crippen molar-refractivity contribution in [2.75, 3.05) is 27.2 Å². The van der Waals surface area contributed by atoms with Gasteiger partial charge in [0.15, 0.2) is 0 Å². The average molecular weight is 440 g/mol. The van der Waals surface area contributed by atoms with E-state index in [9.17, 15) is 0 Å². The maximum Gasteiger partial charge on any atom is 0.138 e. The zero-order chi connectivity index (χ0) is 23.2. The molecule has 3 N–H and O–H groups in total. The molecule has 4 rings (SSSR count). The lowest BCUT2D eigenvalue weighted by Gasteiger charge is -2.10. The quantitative estimate of drug-likeness (QED) is 0.412. The van der Waals surface area contributed by atoms with E-state index >= 15 is 0 Å². The van der Waals surface area contributed by atoms with Crippen LogP contribution >= 0.6 is 0 Å². The van der Waals surface area contributed by atoms with Crippen LogP contribution in [-0.4, -0.2) is 47.1 Å². The van der Waals surface area contributed by atoms with Crippen LogP contribution in [0.1, 0.15) is 12.0 Å². The molecule has 0 radical (unpaired) electrons. The third-order valence-electron chi connectivity index (χ3n) is 5.44. The summed E-state index contributed by atoms with van der Waals surface area (Å²) in [5.41, 5.74) is 10.6. The maximum absolute atomic E-state index is 5.90. The van der Waals surface area contributed by atoms with Crippen molar-refractivity contribution >= 4 is 28.9 Å². The molecule has 0 saturated carbocycles. The second-order valence-corrected chi connectivity index (χ2v) is 8.18.